The Labute approximate surface area is 177 Å². The summed E-state index contributed by atoms with van der Waals surface area (Å²) in [5, 5.41) is 11.5. The van der Waals surface area contributed by atoms with E-state index in [4.69, 9.17) is 4.74 Å². The molecule has 4 fully saturated rings. The van der Waals surface area contributed by atoms with Gasteiger partial charge in [0.2, 0.25) is 0 Å². The summed E-state index contributed by atoms with van der Waals surface area (Å²) in [6, 6.07) is 0. The van der Waals surface area contributed by atoms with Gasteiger partial charge in [-0.05, 0) is 114 Å². The van der Waals surface area contributed by atoms with Gasteiger partial charge >= 0.3 is 0 Å². The summed E-state index contributed by atoms with van der Waals surface area (Å²) in [6.45, 7) is 9.45. The summed E-state index contributed by atoms with van der Waals surface area (Å²) >= 11 is 0. The minimum atomic E-state index is -0.858. The first-order valence-electron chi connectivity index (χ1n) is 12.1. The van der Waals surface area contributed by atoms with E-state index >= 15 is 0 Å². The molecule has 29 heavy (non-hydrogen) atoms. The van der Waals surface area contributed by atoms with Crippen molar-refractivity contribution in [1.82, 2.24) is 4.90 Å². The van der Waals surface area contributed by atoms with Crippen LogP contribution in [-0.4, -0.2) is 48.3 Å². The smallest absolute Gasteiger partial charge is 0.144 e. The first-order chi connectivity index (χ1) is 13.6. The number of rotatable bonds is 4. The summed E-state index contributed by atoms with van der Waals surface area (Å²) in [5.74, 6) is 3.40. The van der Waals surface area contributed by atoms with Crippen molar-refractivity contribution >= 4 is 5.78 Å². The fourth-order valence-corrected chi connectivity index (χ4v) is 8.78. The molecule has 4 aliphatic rings. The van der Waals surface area contributed by atoms with Crippen molar-refractivity contribution in [3.8, 4) is 0 Å². The molecule has 0 aromatic rings. The van der Waals surface area contributed by atoms with Crippen molar-refractivity contribution in [2.75, 3.05) is 20.7 Å². The van der Waals surface area contributed by atoms with Gasteiger partial charge in [-0.15, -0.1) is 0 Å². The van der Waals surface area contributed by atoms with Crippen LogP contribution in [0.5, 0.6) is 0 Å². The maximum Gasteiger partial charge on any atom is 0.144 e. The lowest BCUT2D eigenvalue weighted by Crippen LogP contribution is -2.65. The predicted molar refractivity (Wildman–Crippen MR) is 115 cm³/mol. The van der Waals surface area contributed by atoms with Gasteiger partial charge in [0.05, 0.1) is 0 Å². The number of hydrogen-bond donors (Lipinski definition) is 1. The Balaban J connectivity index is 1.63. The molecule has 166 valence electrons. The molecule has 4 saturated carbocycles. The summed E-state index contributed by atoms with van der Waals surface area (Å²) in [5.41, 5.74) is -0.404. The minimum Gasteiger partial charge on any atom is -0.374 e. The quantitative estimate of drug-likeness (QED) is 0.700. The van der Waals surface area contributed by atoms with E-state index in [-0.39, 0.29) is 22.9 Å². The summed E-state index contributed by atoms with van der Waals surface area (Å²) in [4.78, 5) is 14.3. The van der Waals surface area contributed by atoms with E-state index in [2.05, 4.69) is 13.8 Å². The summed E-state index contributed by atoms with van der Waals surface area (Å²) in [6.07, 6.45) is 8.92. The molecular weight excluding hydrogens is 362 g/mol. The van der Waals surface area contributed by atoms with Crippen molar-refractivity contribution in [2.24, 2.45) is 40.4 Å². The Hall–Kier alpha value is -0.450. The number of ketones is 1. The highest BCUT2D eigenvalue weighted by Crippen LogP contribution is 2.68. The van der Waals surface area contributed by atoms with Gasteiger partial charge in [0.15, 0.2) is 0 Å². The van der Waals surface area contributed by atoms with Gasteiger partial charge < -0.3 is 9.84 Å². The molecule has 0 aromatic carbocycles. The van der Waals surface area contributed by atoms with Gasteiger partial charge in [-0.1, -0.05) is 13.8 Å². The zero-order valence-electron chi connectivity index (χ0n) is 19.5. The molecule has 9 atom stereocenters. The van der Waals surface area contributed by atoms with Gasteiger partial charge in [0.1, 0.15) is 17.6 Å². The van der Waals surface area contributed by atoms with Crippen molar-refractivity contribution < 1.29 is 14.6 Å². The van der Waals surface area contributed by atoms with E-state index < -0.39 is 5.72 Å². The number of carbonyl (C=O) groups excluding carboxylic acids is 1. The molecule has 0 amide bonds. The average Bonchev–Trinajstić information content (AvgIpc) is 3.00. The molecule has 0 saturated heterocycles. The molecule has 0 heterocycles. The Morgan fingerprint density at radius 3 is 2.34 bits per heavy atom. The van der Waals surface area contributed by atoms with Crippen LogP contribution in [0.25, 0.3) is 0 Å². The number of nitrogens with zero attached hydrogens (tertiary/aromatic N) is 1. The van der Waals surface area contributed by atoms with Crippen LogP contribution in [0, 0.1) is 40.4 Å². The third kappa shape index (κ3) is 3.07. The summed E-state index contributed by atoms with van der Waals surface area (Å²) in [7, 11) is 3.99. The standard InChI is InChI=1S/C25H43NO3/c1-7-29-22-15-24(4)17(14-25(22,28)26(5)6)8-9-18-20-11-10-19(16(2)27)23(20,3)13-12-21(18)24/h17-22,28H,7-15H2,1-6H3/t17-,18-,19+,20-,21-,22-,23+,24-,25-/m0/s1. The van der Waals surface area contributed by atoms with E-state index in [1.165, 1.54) is 32.1 Å². The number of aliphatic hydroxyl groups is 1. The predicted octanol–water partition coefficient (Wildman–Crippen LogP) is 4.50. The number of fused-ring (bicyclic) bond motifs is 5. The van der Waals surface area contributed by atoms with E-state index in [0.717, 1.165) is 25.2 Å². The molecule has 4 nitrogen and oxygen atoms in total. The van der Waals surface area contributed by atoms with E-state index in [1.807, 2.05) is 32.8 Å². The molecule has 4 heteroatoms. The van der Waals surface area contributed by atoms with E-state index in [1.54, 1.807) is 0 Å². The Morgan fingerprint density at radius 1 is 1.03 bits per heavy atom. The fraction of sp³-hybridized carbons (Fsp3) is 0.960. The highest BCUT2D eigenvalue weighted by Gasteiger charge is 2.63. The molecule has 0 radical (unpaired) electrons. The molecule has 1 N–H and O–H groups in total. The summed E-state index contributed by atoms with van der Waals surface area (Å²) < 4.78 is 6.17. The molecule has 0 spiro atoms. The zero-order valence-corrected chi connectivity index (χ0v) is 19.5. The highest BCUT2D eigenvalue weighted by molar-refractivity contribution is 5.79. The van der Waals surface area contributed by atoms with Crippen LogP contribution in [0.15, 0.2) is 0 Å². The Morgan fingerprint density at radius 2 is 1.72 bits per heavy atom. The fourth-order valence-electron chi connectivity index (χ4n) is 8.78. The molecule has 4 aliphatic carbocycles. The number of Topliss-reactive ketones (excluding diaryl/α,β-unsaturated/α-hetero) is 1. The number of ether oxygens (including phenoxy) is 1. The normalized spacial score (nSPS) is 52.0. The molecule has 0 aromatic heterocycles. The number of likely N-dealkylation sites (N-methyl/N-ethyl adjacent to an activating group) is 1. The van der Waals surface area contributed by atoms with Crippen LogP contribution in [0.4, 0.5) is 0 Å². The van der Waals surface area contributed by atoms with Crippen molar-refractivity contribution in [2.45, 2.75) is 90.9 Å². The zero-order chi connectivity index (χ0) is 21.2. The Bertz CT molecular complexity index is 650. The second-order valence-electron chi connectivity index (χ2n) is 11.6. The second kappa shape index (κ2) is 7.31. The largest absolute Gasteiger partial charge is 0.374 e. The molecule has 0 unspecified atom stereocenters. The number of carbonyl (C=O) groups is 1. The van der Waals surface area contributed by atoms with Crippen LogP contribution in [-0.2, 0) is 9.53 Å². The highest BCUT2D eigenvalue weighted by atomic mass is 16.5. The minimum absolute atomic E-state index is 0.121. The SMILES string of the molecule is CCO[C@H]1C[C@@]2(C)[C@@H](CC[C@@H]3[C@@H]2CC[C@]2(C)[C@@H](C(C)=O)CC[C@@H]32)C[C@@]1(O)N(C)C. The lowest BCUT2D eigenvalue weighted by Gasteiger charge is -2.63. The van der Waals surface area contributed by atoms with Crippen LogP contribution < -0.4 is 0 Å². The first-order valence-corrected chi connectivity index (χ1v) is 12.1. The van der Waals surface area contributed by atoms with Crippen LogP contribution in [0.1, 0.15) is 79.1 Å². The average molecular weight is 406 g/mol. The maximum atomic E-state index is 12.4. The monoisotopic (exact) mass is 405 g/mol. The third-order valence-electron chi connectivity index (χ3n) is 10.4. The van der Waals surface area contributed by atoms with Crippen molar-refractivity contribution in [3.05, 3.63) is 0 Å². The van der Waals surface area contributed by atoms with E-state index in [9.17, 15) is 9.90 Å². The Kier molecular flexibility index (Phi) is 5.49. The van der Waals surface area contributed by atoms with Crippen LogP contribution in [0.2, 0.25) is 0 Å². The third-order valence-corrected chi connectivity index (χ3v) is 10.4. The molecule has 0 bridgehead atoms. The van der Waals surface area contributed by atoms with Gasteiger partial charge in [-0.3, -0.25) is 9.69 Å². The first kappa shape index (κ1) is 21.8. The lowest BCUT2D eigenvalue weighted by atomic mass is 9.44. The lowest BCUT2D eigenvalue weighted by molar-refractivity contribution is -0.253. The van der Waals surface area contributed by atoms with E-state index in [0.29, 0.717) is 30.1 Å². The molecule has 4 rings (SSSR count). The van der Waals surface area contributed by atoms with Gasteiger partial charge in [0.25, 0.3) is 0 Å². The van der Waals surface area contributed by atoms with Gasteiger partial charge in [0, 0.05) is 12.5 Å². The molecular formula is C25H43NO3. The maximum absolute atomic E-state index is 12.4. The van der Waals surface area contributed by atoms with Crippen molar-refractivity contribution in [3.63, 3.8) is 0 Å². The van der Waals surface area contributed by atoms with Gasteiger partial charge in [-0.2, -0.15) is 0 Å². The van der Waals surface area contributed by atoms with Crippen molar-refractivity contribution in [1.29, 1.82) is 0 Å². The van der Waals surface area contributed by atoms with Crippen LogP contribution in [0.3, 0.4) is 0 Å². The van der Waals surface area contributed by atoms with Crippen LogP contribution >= 0.6 is 0 Å². The number of hydrogen-bond acceptors (Lipinski definition) is 4. The van der Waals surface area contributed by atoms with Gasteiger partial charge in [-0.25, -0.2) is 0 Å². The molecule has 0 aliphatic heterocycles. The second-order valence-corrected chi connectivity index (χ2v) is 11.6. The topological polar surface area (TPSA) is 49.8 Å².